The zero-order chi connectivity index (χ0) is 37.7. The van der Waals surface area contributed by atoms with E-state index in [-0.39, 0.29) is 31.0 Å². The zero-order valence-electron chi connectivity index (χ0n) is 31.8. The Bertz CT molecular complexity index is 1690. The van der Waals surface area contributed by atoms with E-state index >= 15 is 0 Å². The lowest BCUT2D eigenvalue weighted by Crippen LogP contribution is -2.75. The number of ether oxygens (including phenoxy) is 6. The van der Waals surface area contributed by atoms with Crippen LogP contribution in [0.3, 0.4) is 0 Å². The topological polar surface area (TPSA) is 140 Å². The van der Waals surface area contributed by atoms with Crippen molar-refractivity contribution < 1.29 is 48.8 Å². The Hall–Kier alpha value is -2.22. The van der Waals surface area contributed by atoms with E-state index < -0.39 is 83.3 Å². The lowest BCUT2D eigenvalue weighted by molar-refractivity contribution is -0.460. The van der Waals surface area contributed by atoms with E-state index in [2.05, 4.69) is 20.4 Å². The molecule has 4 heterocycles. The standard InChI is InChI=1S/C44H58O10/c1-26(2)40-21-31(24-49-22-29-16-10-7-11-17-29)43-34-37(40)52-44(53-40,54-43)32(46)20-14-6-5-9-15-27(3)33-28(4)36(50-23-30-18-12-8-13-19-30)42(48,35(33)43)39(47)41(25-45)38(34)51-41/h7-8,10-13,16-19,27-28,31-39,45-48H,1,5-6,9,14-15,20-25H2,2-4H3/t27-,28+,31+,32-,33+,34-,35-,36+,37-,38+,39-,40-,41+,42-,43-,44?/m1/s1. The summed E-state index contributed by atoms with van der Waals surface area (Å²) in [5.41, 5.74) is -3.11. The first-order valence-electron chi connectivity index (χ1n) is 20.4. The van der Waals surface area contributed by atoms with Crippen LogP contribution in [0.15, 0.2) is 72.8 Å². The molecule has 0 radical (unpaired) electrons. The van der Waals surface area contributed by atoms with Crippen LogP contribution in [0.25, 0.3) is 0 Å². The predicted molar refractivity (Wildman–Crippen MR) is 197 cm³/mol. The second-order valence-electron chi connectivity index (χ2n) is 17.9. The van der Waals surface area contributed by atoms with Gasteiger partial charge in [0, 0.05) is 17.8 Å². The molecule has 16 atom stereocenters. The van der Waals surface area contributed by atoms with Crippen LogP contribution < -0.4 is 0 Å². The van der Waals surface area contributed by atoms with Crippen LogP contribution >= 0.6 is 0 Å². The van der Waals surface area contributed by atoms with Crippen molar-refractivity contribution in [1.82, 2.24) is 0 Å². The van der Waals surface area contributed by atoms with Crippen molar-refractivity contribution >= 4 is 0 Å². The summed E-state index contributed by atoms with van der Waals surface area (Å²) in [5.74, 6) is -3.93. The number of rotatable bonds is 9. The van der Waals surface area contributed by atoms with Gasteiger partial charge in [-0.25, -0.2) is 0 Å². The Morgan fingerprint density at radius 2 is 1.54 bits per heavy atom. The van der Waals surface area contributed by atoms with Crippen molar-refractivity contribution in [3.8, 4) is 0 Å². The molecule has 10 heteroatoms. The van der Waals surface area contributed by atoms with Gasteiger partial charge in [0.15, 0.2) is 0 Å². The number of fused-ring (bicyclic) bond motifs is 1. The molecule has 294 valence electrons. The molecule has 7 aliphatic rings. The smallest absolute Gasteiger partial charge is 0.312 e. The SMILES string of the molecule is C=C(C)[C@]12C[C@@H](COCc3ccccc3)[C@@]34OC5(O[C@@H]1[C@@H]3[C@@H]1O[C@]1(CO)[C@@H](O)[C@@]1(O)[C@H]4[C@H]([C@H](C)[C@@H]1OCc1ccccc1)[C@H](C)CCCCCC[C@H]5O)O2. The van der Waals surface area contributed by atoms with Crippen LogP contribution in [-0.2, 0) is 41.6 Å². The van der Waals surface area contributed by atoms with Crippen LogP contribution in [0, 0.1) is 35.5 Å². The minimum Gasteiger partial charge on any atom is -0.393 e. The second kappa shape index (κ2) is 13.4. The third-order valence-corrected chi connectivity index (χ3v) is 15.0. The lowest BCUT2D eigenvalue weighted by Gasteiger charge is -2.62. The summed E-state index contributed by atoms with van der Waals surface area (Å²) in [5, 5.41) is 50.2. The van der Waals surface area contributed by atoms with Crippen LogP contribution in [0.2, 0.25) is 0 Å². The number of benzene rings is 2. The highest BCUT2D eigenvalue weighted by Gasteiger charge is 2.90. The van der Waals surface area contributed by atoms with Crippen LogP contribution in [0.5, 0.6) is 0 Å². The molecular weight excluding hydrogens is 688 g/mol. The lowest BCUT2D eigenvalue weighted by atomic mass is 9.51. The summed E-state index contributed by atoms with van der Waals surface area (Å²) in [6.07, 6.45) is 0.517. The number of aliphatic hydroxyl groups is 4. The van der Waals surface area contributed by atoms with E-state index in [9.17, 15) is 20.4 Å². The molecule has 4 N–H and O–H groups in total. The molecule has 7 fully saturated rings. The fraction of sp³-hybridized carbons (Fsp3) is 0.682. The fourth-order valence-corrected chi connectivity index (χ4v) is 12.6. The Kier molecular flexibility index (Phi) is 9.30. The van der Waals surface area contributed by atoms with E-state index in [1.807, 2.05) is 67.6 Å². The zero-order valence-corrected chi connectivity index (χ0v) is 31.8. The molecule has 4 saturated heterocycles. The molecule has 2 aromatic rings. The summed E-state index contributed by atoms with van der Waals surface area (Å²) >= 11 is 0. The summed E-state index contributed by atoms with van der Waals surface area (Å²) in [6.45, 7) is 11.1. The van der Waals surface area contributed by atoms with E-state index in [4.69, 9.17) is 28.4 Å². The van der Waals surface area contributed by atoms with E-state index in [0.717, 1.165) is 48.8 Å². The van der Waals surface area contributed by atoms with Crippen molar-refractivity contribution in [1.29, 1.82) is 0 Å². The maximum Gasteiger partial charge on any atom is 0.312 e. The van der Waals surface area contributed by atoms with Gasteiger partial charge < -0.3 is 48.8 Å². The number of hydrogen-bond acceptors (Lipinski definition) is 10. The van der Waals surface area contributed by atoms with Crippen LogP contribution in [-0.4, -0.2) is 92.5 Å². The second-order valence-corrected chi connectivity index (χ2v) is 17.9. The maximum absolute atomic E-state index is 13.9. The molecule has 4 aliphatic heterocycles. The first-order valence-corrected chi connectivity index (χ1v) is 20.4. The molecule has 1 unspecified atom stereocenters. The first-order chi connectivity index (χ1) is 26.0. The highest BCUT2D eigenvalue weighted by molar-refractivity contribution is 5.39. The summed E-state index contributed by atoms with van der Waals surface area (Å²) in [4.78, 5) is 0. The average Bonchev–Trinajstić information content (AvgIpc) is 3.80. The van der Waals surface area contributed by atoms with Crippen LogP contribution in [0.4, 0.5) is 0 Å². The van der Waals surface area contributed by atoms with Crippen molar-refractivity contribution in [2.24, 2.45) is 35.5 Å². The van der Waals surface area contributed by atoms with Gasteiger partial charge >= 0.3 is 5.97 Å². The van der Waals surface area contributed by atoms with Gasteiger partial charge in [-0.15, -0.1) is 0 Å². The van der Waals surface area contributed by atoms with Crippen molar-refractivity contribution in [2.75, 3.05) is 13.2 Å². The quantitative estimate of drug-likeness (QED) is 0.204. The molecular formula is C44H58O10. The molecule has 2 aromatic carbocycles. The minimum absolute atomic E-state index is 0.106. The fourth-order valence-electron chi connectivity index (χ4n) is 12.6. The molecule has 0 amide bonds. The molecule has 9 rings (SSSR count). The predicted octanol–water partition coefficient (Wildman–Crippen LogP) is 5.05. The van der Waals surface area contributed by atoms with Crippen molar-refractivity contribution in [3.63, 3.8) is 0 Å². The first kappa shape index (κ1) is 37.4. The highest BCUT2D eigenvalue weighted by atomic mass is 16.9. The van der Waals surface area contributed by atoms with E-state index in [0.29, 0.717) is 19.4 Å². The molecule has 2 spiro atoms. The Morgan fingerprint density at radius 3 is 2.20 bits per heavy atom. The maximum atomic E-state index is 13.9. The van der Waals surface area contributed by atoms with Crippen molar-refractivity contribution in [2.45, 2.75) is 138 Å². The van der Waals surface area contributed by atoms with Gasteiger partial charge in [-0.05, 0) is 54.2 Å². The third-order valence-electron chi connectivity index (χ3n) is 15.0. The highest BCUT2D eigenvalue weighted by Crippen LogP contribution is 2.75. The van der Waals surface area contributed by atoms with Gasteiger partial charge in [-0.3, -0.25) is 0 Å². The summed E-state index contributed by atoms with van der Waals surface area (Å²) in [6, 6.07) is 19.9. The molecule has 3 saturated carbocycles. The van der Waals surface area contributed by atoms with Crippen molar-refractivity contribution in [3.05, 3.63) is 83.9 Å². The monoisotopic (exact) mass is 746 g/mol. The summed E-state index contributed by atoms with van der Waals surface area (Å²) < 4.78 is 41.7. The average molecular weight is 747 g/mol. The van der Waals surface area contributed by atoms with Gasteiger partial charge in [0.2, 0.25) is 0 Å². The Labute approximate surface area is 318 Å². The normalized spacial score (nSPS) is 48.9. The molecule has 10 nitrogen and oxygen atoms in total. The van der Waals surface area contributed by atoms with Gasteiger partial charge in [0.1, 0.15) is 41.2 Å². The van der Waals surface area contributed by atoms with Crippen LogP contribution in [0.1, 0.15) is 76.8 Å². The number of hydrogen-bond donors (Lipinski definition) is 4. The third kappa shape index (κ3) is 5.14. The summed E-state index contributed by atoms with van der Waals surface area (Å²) in [7, 11) is 0. The van der Waals surface area contributed by atoms with Gasteiger partial charge in [-0.1, -0.05) is 113 Å². The van der Waals surface area contributed by atoms with E-state index in [1.54, 1.807) is 0 Å². The largest absolute Gasteiger partial charge is 0.393 e. The minimum atomic E-state index is -1.94. The van der Waals surface area contributed by atoms with Gasteiger partial charge in [0.25, 0.3) is 0 Å². The van der Waals surface area contributed by atoms with E-state index in [1.165, 1.54) is 0 Å². The van der Waals surface area contributed by atoms with Gasteiger partial charge in [-0.2, -0.15) is 0 Å². The number of epoxide rings is 1. The number of aliphatic hydroxyl groups excluding tert-OH is 3. The molecule has 54 heavy (non-hydrogen) atoms. The molecule has 0 aromatic heterocycles. The Morgan fingerprint density at radius 1 is 0.870 bits per heavy atom. The van der Waals surface area contributed by atoms with Gasteiger partial charge in [0.05, 0.1) is 38.1 Å². The molecule has 3 bridgehead atoms. The Balaban J connectivity index is 1.26. The molecule has 3 aliphatic carbocycles.